The SMILES string of the molecule is O=C(COc1ccc(Br)cc1Cl)NN=C1CCCC1. The van der Waals surface area contributed by atoms with Crippen LogP contribution >= 0.6 is 27.5 Å². The summed E-state index contributed by atoms with van der Waals surface area (Å²) in [5.41, 5.74) is 3.55. The van der Waals surface area contributed by atoms with Gasteiger partial charge in [-0.2, -0.15) is 5.10 Å². The van der Waals surface area contributed by atoms with Crippen molar-refractivity contribution in [3.63, 3.8) is 0 Å². The lowest BCUT2D eigenvalue weighted by Crippen LogP contribution is -2.25. The third kappa shape index (κ3) is 4.51. The topological polar surface area (TPSA) is 50.7 Å². The first kappa shape index (κ1) is 14.3. The molecule has 1 aliphatic carbocycles. The minimum atomic E-state index is -0.279. The summed E-state index contributed by atoms with van der Waals surface area (Å²) < 4.78 is 6.20. The number of rotatable bonds is 4. The van der Waals surface area contributed by atoms with E-state index in [4.69, 9.17) is 16.3 Å². The Morgan fingerprint density at radius 3 is 2.84 bits per heavy atom. The quantitative estimate of drug-likeness (QED) is 0.849. The van der Waals surface area contributed by atoms with Crippen molar-refractivity contribution >= 4 is 39.1 Å². The molecule has 0 saturated heterocycles. The third-order valence-electron chi connectivity index (χ3n) is 2.77. The number of hydrazone groups is 1. The van der Waals surface area contributed by atoms with Gasteiger partial charge in [-0.25, -0.2) is 5.43 Å². The first-order chi connectivity index (χ1) is 9.15. The lowest BCUT2D eigenvalue weighted by molar-refractivity contribution is -0.123. The van der Waals surface area contributed by atoms with Crippen molar-refractivity contribution in [2.45, 2.75) is 25.7 Å². The molecule has 0 heterocycles. The van der Waals surface area contributed by atoms with Gasteiger partial charge in [-0.05, 0) is 43.9 Å². The minimum Gasteiger partial charge on any atom is -0.482 e. The molecule has 4 nitrogen and oxygen atoms in total. The van der Waals surface area contributed by atoms with Gasteiger partial charge in [0.05, 0.1) is 5.02 Å². The highest BCUT2D eigenvalue weighted by molar-refractivity contribution is 9.10. The molecule has 0 aliphatic heterocycles. The van der Waals surface area contributed by atoms with Gasteiger partial charge in [0.2, 0.25) is 0 Å². The van der Waals surface area contributed by atoms with Crippen LogP contribution in [0.4, 0.5) is 0 Å². The second kappa shape index (κ2) is 6.91. The van der Waals surface area contributed by atoms with Crippen LogP contribution in [0.1, 0.15) is 25.7 Å². The van der Waals surface area contributed by atoms with Crippen molar-refractivity contribution < 1.29 is 9.53 Å². The fourth-order valence-electron chi connectivity index (χ4n) is 1.80. The smallest absolute Gasteiger partial charge is 0.277 e. The van der Waals surface area contributed by atoms with Crippen LogP contribution in [0.2, 0.25) is 5.02 Å². The van der Waals surface area contributed by atoms with E-state index in [0.717, 1.165) is 35.9 Å². The van der Waals surface area contributed by atoms with Crippen LogP contribution in [0.15, 0.2) is 27.8 Å². The standard InChI is InChI=1S/C13H14BrClN2O2/c14-9-5-6-12(11(15)7-9)19-8-13(18)17-16-10-3-1-2-4-10/h5-7H,1-4,8H2,(H,17,18). The van der Waals surface area contributed by atoms with Crippen molar-refractivity contribution in [2.75, 3.05) is 6.61 Å². The number of halogens is 2. The highest BCUT2D eigenvalue weighted by atomic mass is 79.9. The second-order valence-electron chi connectivity index (χ2n) is 4.28. The molecule has 0 spiro atoms. The van der Waals surface area contributed by atoms with E-state index in [1.54, 1.807) is 18.2 Å². The monoisotopic (exact) mass is 344 g/mol. The Morgan fingerprint density at radius 2 is 2.16 bits per heavy atom. The van der Waals surface area contributed by atoms with E-state index >= 15 is 0 Å². The molecule has 1 amide bonds. The largest absolute Gasteiger partial charge is 0.482 e. The Kier molecular flexibility index (Phi) is 5.22. The van der Waals surface area contributed by atoms with Crippen molar-refractivity contribution in [1.29, 1.82) is 0 Å². The minimum absolute atomic E-state index is 0.0991. The molecule has 0 bridgehead atoms. The van der Waals surface area contributed by atoms with Crippen LogP contribution in [-0.4, -0.2) is 18.2 Å². The van der Waals surface area contributed by atoms with Gasteiger partial charge in [-0.1, -0.05) is 27.5 Å². The molecule has 102 valence electrons. The fourth-order valence-corrected chi connectivity index (χ4v) is 2.53. The molecule has 6 heteroatoms. The number of nitrogens with zero attached hydrogens (tertiary/aromatic N) is 1. The summed E-state index contributed by atoms with van der Waals surface area (Å²) >= 11 is 9.28. The number of hydrogen-bond donors (Lipinski definition) is 1. The Hall–Kier alpha value is -1.07. The molecule has 0 unspecified atom stereocenters. The molecule has 1 saturated carbocycles. The molecule has 19 heavy (non-hydrogen) atoms. The van der Waals surface area contributed by atoms with E-state index in [-0.39, 0.29) is 12.5 Å². The lowest BCUT2D eigenvalue weighted by Gasteiger charge is -2.07. The third-order valence-corrected chi connectivity index (χ3v) is 3.56. The Labute approximate surface area is 125 Å². The molecule has 1 aliphatic rings. The van der Waals surface area contributed by atoms with Gasteiger partial charge in [0.15, 0.2) is 6.61 Å². The maximum atomic E-state index is 11.6. The Bertz CT molecular complexity index is 497. The van der Waals surface area contributed by atoms with Crippen LogP contribution < -0.4 is 10.2 Å². The van der Waals surface area contributed by atoms with Crippen LogP contribution in [0.25, 0.3) is 0 Å². The zero-order valence-electron chi connectivity index (χ0n) is 10.3. The Balaban J connectivity index is 1.81. The number of hydrogen-bond acceptors (Lipinski definition) is 3. The number of amides is 1. The van der Waals surface area contributed by atoms with Crippen LogP contribution in [0, 0.1) is 0 Å². The average Bonchev–Trinajstić information content (AvgIpc) is 2.88. The molecule has 0 radical (unpaired) electrons. The molecule has 2 rings (SSSR count). The van der Waals surface area contributed by atoms with Gasteiger partial charge in [0.1, 0.15) is 5.75 Å². The molecule has 0 atom stereocenters. The lowest BCUT2D eigenvalue weighted by atomic mass is 10.3. The van der Waals surface area contributed by atoms with Gasteiger partial charge in [-0.15, -0.1) is 0 Å². The molecule has 0 aromatic heterocycles. The van der Waals surface area contributed by atoms with Gasteiger partial charge < -0.3 is 4.74 Å². The molecule has 1 aromatic carbocycles. The molecular weight excluding hydrogens is 332 g/mol. The molecule has 1 aromatic rings. The molecular formula is C13H14BrClN2O2. The first-order valence-corrected chi connectivity index (χ1v) is 7.24. The predicted octanol–water partition coefficient (Wildman–Crippen LogP) is 3.53. The van der Waals surface area contributed by atoms with E-state index in [9.17, 15) is 4.79 Å². The Morgan fingerprint density at radius 1 is 1.42 bits per heavy atom. The van der Waals surface area contributed by atoms with Crippen LogP contribution in [-0.2, 0) is 4.79 Å². The number of carbonyl (C=O) groups is 1. The highest BCUT2D eigenvalue weighted by Crippen LogP contribution is 2.27. The van der Waals surface area contributed by atoms with Crippen molar-refractivity contribution in [3.8, 4) is 5.75 Å². The summed E-state index contributed by atoms with van der Waals surface area (Å²) in [5.74, 6) is 0.201. The normalized spacial score (nSPS) is 14.3. The van der Waals surface area contributed by atoms with E-state index in [1.807, 2.05) is 0 Å². The highest BCUT2D eigenvalue weighted by Gasteiger charge is 2.09. The number of ether oxygens (including phenoxy) is 1. The summed E-state index contributed by atoms with van der Waals surface area (Å²) in [5, 5.41) is 4.53. The maximum absolute atomic E-state index is 11.6. The van der Waals surface area contributed by atoms with E-state index < -0.39 is 0 Å². The van der Waals surface area contributed by atoms with Crippen molar-refractivity contribution in [3.05, 3.63) is 27.7 Å². The number of nitrogens with one attached hydrogen (secondary N) is 1. The van der Waals surface area contributed by atoms with E-state index in [1.165, 1.54) is 0 Å². The summed E-state index contributed by atoms with van der Waals surface area (Å²) in [4.78, 5) is 11.6. The van der Waals surface area contributed by atoms with Crippen molar-refractivity contribution in [2.24, 2.45) is 5.10 Å². The number of carbonyl (C=O) groups excluding carboxylic acids is 1. The van der Waals surface area contributed by atoms with E-state index in [2.05, 4.69) is 26.5 Å². The first-order valence-electron chi connectivity index (χ1n) is 6.07. The summed E-state index contributed by atoms with van der Waals surface area (Å²) in [6.45, 7) is -0.0991. The zero-order valence-corrected chi connectivity index (χ0v) is 12.6. The molecule has 1 N–H and O–H groups in total. The van der Waals surface area contributed by atoms with Crippen molar-refractivity contribution in [1.82, 2.24) is 5.43 Å². The number of benzene rings is 1. The maximum Gasteiger partial charge on any atom is 0.277 e. The average molecular weight is 346 g/mol. The van der Waals surface area contributed by atoms with Gasteiger partial charge in [-0.3, -0.25) is 4.79 Å². The predicted molar refractivity (Wildman–Crippen MR) is 78.7 cm³/mol. The fraction of sp³-hybridized carbons (Fsp3) is 0.385. The summed E-state index contributed by atoms with van der Waals surface area (Å²) in [6.07, 6.45) is 4.25. The van der Waals surface area contributed by atoms with Crippen LogP contribution in [0.5, 0.6) is 5.75 Å². The van der Waals surface area contributed by atoms with Gasteiger partial charge in [0, 0.05) is 10.2 Å². The van der Waals surface area contributed by atoms with Gasteiger partial charge >= 0.3 is 0 Å². The van der Waals surface area contributed by atoms with E-state index in [0.29, 0.717) is 10.8 Å². The van der Waals surface area contributed by atoms with Gasteiger partial charge in [0.25, 0.3) is 5.91 Å². The summed E-state index contributed by atoms with van der Waals surface area (Å²) in [6, 6.07) is 5.23. The zero-order chi connectivity index (χ0) is 13.7. The second-order valence-corrected chi connectivity index (χ2v) is 5.61. The molecule has 1 fully saturated rings. The summed E-state index contributed by atoms with van der Waals surface area (Å²) in [7, 11) is 0. The van der Waals surface area contributed by atoms with Crippen LogP contribution in [0.3, 0.4) is 0 Å².